The second kappa shape index (κ2) is 10.2. The van der Waals surface area contributed by atoms with Gasteiger partial charge in [0, 0.05) is 6.61 Å². The Morgan fingerprint density at radius 2 is 2.07 bits per heavy atom. The Hall–Kier alpha value is -0.870. The van der Waals surface area contributed by atoms with Gasteiger partial charge in [0.05, 0.1) is 13.2 Å². The summed E-state index contributed by atoms with van der Waals surface area (Å²) >= 11 is 0. The predicted octanol–water partition coefficient (Wildman–Crippen LogP) is 0.895. The lowest BCUT2D eigenvalue weighted by Gasteiger charge is -2.01. The van der Waals surface area contributed by atoms with Gasteiger partial charge in [-0.2, -0.15) is 0 Å². The number of rotatable bonds is 8. The van der Waals surface area contributed by atoms with Crippen LogP contribution < -0.4 is 0 Å². The topological polar surface area (TPSA) is 55.8 Å². The van der Waals surface area contributed by atoms with E-state index in [0.29, 0.717) is 19.6 Å². The molecule has 0 radical (unpaired) electrons. The van der Waals surface area contributed by atoms with E-state index in [1.165, 1.54) is 0 Å². The van der Waals surface area contributed by atoms with Gasteiger partial charge in [-0.3, -0.25) is 0 Å². The molecule has 0 spiro atoms. The van der Waals surface area contributed by atoms with Crippen LogP contribution in [-0.2, 0) is 14.3 Å². The average Bonchev–Trinajstić information content (AvgIpc) is 2.17. The van der Waals surface area contributed by atoms with E-state index in [4.69, 9.17) is 9.84 Å². The number of hydrogen-bond acceptors (Lipinski definition) is 4. The maximum Gasteiger partial charge on any atom is 0.332 e. The van der Waals surface area contributed by atoms with Crippen LogP contribution in [-0.4, -0.2) is 37.5 Å². The second-order valence-electron chi connectivity index (χ2n) is 2.63. The van der Waals surface area contributed by atoms with Crippen LogP contribution in [0.1, 0.15) is 19.8 Å². The zero-order valence-corrected chi connectivity index (χ0v) is 8.57. The van der Waals surface area contributed by atoms with E-state index in [2.05, 4.69) is 4.74 Å². The molecule has 0 aliphatic rings. The SMILES string of the molecule is CCOC(=O)COCCC=CCCO. The number of carbonyl (C=O) groups is 1. The molecule has 0 rings (SSSR count). The molecule has 0 bridgehead atoms. The lowest BCUT2D eigenvalue weighted by molar-refractivity contribution is -0.148. The van der Waals surface area contributed by atoms with Gasteiger partial charge in [-0.25, -0.2) is 4.79 Å². The van der Waals surface area contributed by atoms with Crippen molar-refractivity contribution < 1.29 is 19.4 Å². The molecule has 0 aliphatic heterocycles. The molecule has 0 aliphatic carbocycles. The van der Waals surface area contributed by atoms with Gasteiger partial charge >= 0.3 is 5.97 Å². The van der Waals surface area contributed by atoms with E-state index >= 15 is 0 Å². The fourth-order valence-corrected chi connectivity index (χ4v) is 0.820. The predicted molar refractivity (Wildman–Crippen MR) is 52.9 cm³/mol. The van der Waals surface area contributed by atoms with Gasteiger partial charge in [0.2, 0.25) is 0 Å². The molecular formula is C10H18O4. The Balaban J connectivity index is 3.16. The fourth-order valence-electron chi connectivity index (χ4n) is 0.820. The average molecular weight is 202 g/mol. The summed E-state index contributed by atoms with van der Waals surface area (Å²) in [5.41, 5.74) is 0. The van der Waals surface area contributed by atoms with Crippen LogP contribution in [0.3, 0.4) is 0 Å². The molecule has 4 nitrogen and oxygen atoms in total. The minimum absolute atomic E-state index is 0.0156. The van der Waals surface area contributed by atoms with E-state index in [1.54, 1.807) is 6.92 Å². The van der Waals surface area contributed by atoms with Gasteiger partial charge in [0.1, 0.15) is 6.61 Å². The summed E-state index contributed by atoms with van der Waals surface area (Å²) in [6, 6.07) is 0. The minimum atomic E-state index is -0.327. The smallest absolute Gasteiger partial charge is 0.332 e. The molecule has 4 heteroatoms. The zero-order chi connectivity index (χ0) is 10.6. The second-order valence-corrected chi connectivity index (χ2v) is 2.63. The molecule has 0 saturated carbocycles. The Morgan fingerprint density at radius 3 is 2.71 bits per heavy atom. The molecular weight excluding hydrogens is 184 g/mol. The van der Waals surface area contributed by atoms with E-state index in [0.717, 1.165) is 6.42 Å². The highest BCUT2D eigenvalue weighted by atomic mass is 16.6. The van der Waals surface area contributed by atoms with Crippen molar-refractivity contribution in [2.24, 2.45) is 0 Å². The highest BCUT2D eigenvalue weighted by Gasteiger charge is 1.99. The number of carbonyl (C=O) groups excluding carboxylic acids is 1. The normalized spacial score (nSPS) is 10.7. The summed E-state index contributed by atoms with van der Waals surface area (Å²) in [5.74, 6) is -0.327. The first kappa shape index (κ1) is 13.1. The van der Waals surface area contributed by atoms with E-state index in [1.807, 2.05) is 12.2 Å². The largest absolute Gasteiger partial charge is 0.464 e. The van der Waals surface area contributed by atoms with Gasteiger partial charge < -0.3 is 14.6 Å². The molecule has 14 heavy (non-hydrogen) atoms. The maximum absolute atomic E-state index is 10.8. The Morgan fingerprint density at radius 1 is 1.36 bits per heavy atom. The van der Waals surface area contributed by atoms with Crippen molar-refractivity contribution in [1.29, 1.82) is 0 Å². The number of hydrogen-bond donors (Lipinski definition) is 1. The van der Waals surface area contributed by atoms with Gasteiger partial charge in [-0.1, -0.05) is 12.2 Å². The van der Waals surface area contributed by atoms with Crippen LogP contribution in [0.5, 0.6) is 0 Å². The van der Waals surface area contributed by atoms with Gasteiger partial charge in [-0.15, -0.1) is 0 Å². The Kier molecular flexibility index (Phi) is 9.58. The van der Waals surface area contributed by atoms with Gasteiger partial charge in [0.25, 0.3) is 0 Å². The van der Waals surface area contributed by atoms with Crippen molar-refractivity contribution in [2.75, 3.05) is 26.4 Å². The first-order chi connectivity index (χ1) is 6.81. The van der Waals surface area contributed by atoms with Crippen LogP contribution in [0.25, 0.3) is 0 Å². The van der Waals surface area contributed by atoms with E-state index < -0.39 is 0 Å². The first-order valence-electron chi connectivity index (χ1n) is 4.80. The lowest BCUT2D eigenvalue weighted by Crippen LogP contribution is -2.12. The summed E-state index contributed by atoms with van der Waals surface area (Å²) in [7, 11) is 0. The van der Waals surface area contributed by atoms with Crippen LogP contribution in [0.4, 0.5) is 0 Å². The van der Waals surface area contributed by atoms with Crippen molar-refractivity contribution in [3.8, 4) is 0 Å². The standard InChI is InChI=1S/C10H18O4/c1-2-14-10(12)9-13-8-6-4-3-5-7-11/h3-4,11H,2,5-9H2,1H3. The van der Waals surface area contributed by atoms with Gasteiger partial charge in [-0.05, 0) is 19.8 Å². The molecule has 0 aromatic rings. The maximum atomic E-state index is 10.8. The lowest BCUT2D eigenvalue weighted by atomic mass is 10.3. The first-order valence-corrected chi connectivity index (χ1v) is 4.80. The van der Waals surface area contributed by atoms with Crippen molar-refractivity contribution >= 4 is 5.97 Å². The molecule has 0 amide bonds. The van der Waals surface area contributed by atoms with Crippen molar-refractivity contribution in [1.82, 2.24) is 0 Å². The van der Waals surface area contributed by atoms with Crippen LogP contribution in [0.15, 0.2) is 12.2 Å². The zero-order valence-electron chi connectivity index (χ0n) is 8.57. The molecule has 0 heterocycles. The molecule has 0 fully saturated rings. The third-order valence-electron chi connectivity index (χ3n) is 1.42. The van der Waals surface area contributed by atoms with Crippen molar-refractivity contribution in [2.45, 2.75) is 19.8 Å². The molecule has 0 unspecified atom stereocenters. The Bertz CT molecular complexity index is 166. The summed E-state index contributed by atoms with van der Waals surface area (Å²) in [6.45, 7) is 2.83. The van der Waals surface area contributed by atoms with Crippen molar-refractivity contribution in [3.05, 3.63) is 12.2 Å². The molecule has 82 valence electrons. The summed E-state index contributed by atoms with van der Waals surface area (Å²) in [5, 5.41) is 8.46. The molecule has 0 aromatic carbocycles. The summed E-state index contributed by atoms with van der Waals surface area (Å²) in [4.78, 5) is 10.8. The number of esters is 1. The quantitative estimate of drug-likeness (QED) is 0.361. The molecule has 0 atom stereocenters. The summed E-state index contributed by atoms with van der Waals surface area (Å²) in [6.07, 6.45) is 5.21. The third kappa shape index (κ3) is 9.22. The van der Waals surface area contributed by atoms with Crippen LogP contribution in [0.2, 0.25) is 0 Å². The molecule has 0 aromatic heterocycles. The van der Waals surface area contributed by atoms with Crippen LogP contribution >= 0.6 is 0 Å². The van der Waals surface area contributed by atoms with Gasteiger partial charge in [0.15, 0.2) is 0 Å². The number of ether oxygens (including phenoxy) is 2. The van der Waals surface area contributed by atoms with E-state index in [-0.39, 0.29) is 19.2 Å². The van der Waals surface area contributed by atoms with Crippen molar-refractivity contribution in [3.63, 3.8) is 0 Å². The minimum Gasteiger partial charge on any atom is -0.464 e. The number of aliphatic hydroxyl groups is 1. The summed E-state index contributed by atoms with van der Waals surface area (Å²) < 4.78 is 9.71. The molecule has 0 saturated heterocycles. The molecule has 1 N–H and O–H groups in total. The Labute approximate surface area is 84.5 Å². The highest BCUT2D eigenvalue weighted by Crippen LogP contribution is 1.89. The fraction of sp³-hybridized carbons (Fsp3) is 0.700. The third-order valence-corrected chi connectivity index (χ3v) is 1.42. The monoisotopic (exact) mass is 202 g/mol. The van der Waals surface area contributed by atoms with E-state index in [9.17, 15) is 4.79 Å². The number of aliphatic hydroxyl groups excluding tert-OH is 1. The van der Waals surface area contributed by atoms with Crippen LogP contribution in [0, 0.1) is 0 Å². The highest BCUT2D eigenvalue weighted by molar-refractivity contribution is 5.70.